The SMILES string of the molecule is CCNC(Cc1cccs1)C1CCCC1(C)C. The van der Waals surface area contributed by atoms with Crippen molar-refractivity contribution in [3.05, 3.63) is 22.4 Å². The molecule has 0 saturated heterocycles. The van der Waals surface area contributed by atoms with Crippen LogP contribution < -0.4 is 5.32 Å². The minimum Gasteiger partial charge on any atom is -0.314 e. The van der Waals surface area contributed by atoms with Gasteiger partial charge >= 0.3 is 0 Å². The van der Waals surface area contributed by atoms with E-state index in [1.807, 2.05) is 11.3 Å². The molecule has 2 unspecified atom stereocenters. The van der Waals surface area contributed by atoms with E-state index in [-0.39, 0.29) is 0 Å². The van der Waals surface area contributed by atoms with Gasteiger partial charge in [-0.25, -0.2) is 0 Å². The Morgan fingerprint density at radius 3 is 2.88 bits per heavy atom. The van der Waals surface area contributed by atoms with Crippen molar-refractivity contribution in [1.29, 1.82) is 0 Å². The van der Waals surface area contributed by atoms with Gasteiger partial charge in [-0.15, -0.1) is 11.3 Å². The molecule has 1 N–H and O–H groups in total. The van der Waals surface area contributed by atoms with E-state index < -0.39 is 0 Å². The first-order chi connectivity index (χ1) is 8.13. The molecule has 2 atom stereocenters. The molecule has 2 rings (SSSR count). The minimum atomic E-state index is 0.518. The zero-order valence-corrected chi connectivity index (χ0v) is 12.1. The molecule has 96 valence electrons. The number of rotatable bonds is 5. The summed E-state index contributed by atoms with van der Waals surface area (Å²) in [7, 11) is 0. The summed E-state index contributed by atoms with van der Waals surface area (Å²) in [6.07, 6.45) is 5.41. The van der Waals surface area contributed by atoms with E-state index in [1.165, 1.54) is 30.6 Å². The highest BCUT2D eigenvalue weighted by molar-refractivity contribution is 7.09. The standard InChI is InChI=1S/C15H25NS/c1-4-16-14(11-12-7-6-10-17-12)13-8-5-9-15(13,2)3/h6-7,10,13-14,16H,4-5,8-9,11H2,1-3H3. The van der Waals surface area contributed by atoms with E-state index in [0.29, 0.717) is 11.5 Å². The summed E-state index contributed by atoms with van der Waals surface area (Å²) in [5, 5.41) is 5.92. The summed E-state index contributed by atoms with van der Waals surface area (Å²) in [5.74, 6) is 0.838. The van der Waals surface area contributed by atoms with Crippen molar-refractivity contribution in [2.45, 2.75) is 52.5 Å². The Bertz CT molecular complexity index is 329. The highest BCUT2D eigenvalue weighted by Crippen LogP contribution is 2.45. The number of nitrogens with one attached hydrogen (secondary N) is 1. The molecule has 1 heterocycles. The molecule has 1 nitrogen and oxygen atoms in total. The fourth-order valence-electron chi connectivity index (χ4n) is 3.36. The normalized spacial score (nSPS) is 25.0. The van der Waals surface area contributed by atoms with Crippen LogP contribution in [0.25, 0.3) is 0 Å². The van der Waals surface area contributed by atoms with Crippen LogP contribution in [0.3, 0.4) is 0 Å². The van der Waals surface area contributed by atoms with Crippen molar-refractivity contribution < 1.29 is 0 Å². The second-order valence-electron chi connectivity index (χ2n) is 5.93. The van der Waals surface area contributed by atoms with Crippen molar-refractivity contribution in [3.63, 3.8) is 0 Å². The van der Waals surface area contributed by atoms with Crippen LogP contribution >= 0.6 is 11.3 Å². The monoisotopic (exact) mass is 251 g/mol. The van der Waals surface area contributed by atoms with Crippen LogP contribution in [0.4, 0.5) is 0 Å². The van der Waals surface area contributed by atoms with Gasteiger partial charge in [0.25, 0.3) is 0 Å². The quantitative estimate of drug-likeness (QED) is 0.831. The lowest BCUT2D eigenvalue weighted by Crippen LogP contribution is -2.42. The van der Waals surface area contributed by atoms with Crippen LogP contribution in [0.1, 0.15) is 44.9 Å². The maximum Gasteiger partial charge on any atom is 0.0149 e. The predicted molar refractivity (Wildman–Crippen MR) is 76.6 cm³/mol. The molecule has 0 amide bonds. The van der Waals surface area contributed by atoms with E-state index in [0.717, 1.165) is 12.5 Å². The summed E-state index contributed by atoms with van der Waals surface area (Å²) in [4.78, 5) is 1.53. The average Bonchev–Trinajstić information content (AvgIpc) is 2.86. The number of hydrogen-bond donors (Lipinski definition) is 1. The van der Waals surface area contributed by atoms with Crippen molar-refractivity contribution in [1.82, 2.24) is 5.32 Å². The van der Waals surface area contributed by atoms with Gasteiger partial charge in [-0.1, -0.05) is 33.3 Å². The van der Waals surface area contributed by atoms with E-state index in [1.54, 1.807) is 0 Å². The first-order valence-corrected chi connectivity index (χ1v) is 7.77. The molecule has 1 aromatic heterocycles. The number of hydrogen-bond acceptors (Lipinski definition) is 2. The van der Waals surface area contributed by atoms with Gasteiger partial charge in [-0.3, -0.25) is 0 Å². The Morgan fingerprint density at radius 2 is 2.35 bits per heavy atom. The number of likely N-dealkylation sites (N-methyl/N-ethyl adjacent to an activating group) is 1. The molecule has 1 aliphatic carbocycles. The maximum absolute atomic E-state index is 3.73. The van der Waals surface area contributed by atoms with Crippen molar-refractivity contribution in [2.75, 3.05) is 6.54 Å². The Labute approximate surface area is 110 Å². The fourth-order valence-corrected chi connectivity index (χ4v) is 4.13. The van der Waals surface area contributed by atoms with Crippen LogP contribution in [0, 0.1) is 11.3 Å². The lowest BCUT2D eigenvalue weighted by Gasteiger charge is -2.34. The molecule has 0 aromatic carbocycles. The van der Waals surface area contributed by atoms with Gasteiger partial charge < -0.3 is 5.32 Å². The third kappa shape index (κ3) is 3.11. The molecular formula is C15H25NS. The Hall–Kier alpha value is -0.340. The molecule has 2 heteroatoms. The Balaban J connectivity index is 2.06. The summed E-state index contributed by atoms with van der Waals surface area (Å²) >= 11 is 1.90. The summed E-state index contributed by atoms with van der Waals surface area (Å²) in [5.41, 5.74) is 0.518. The molecule has 0 radical (unpaired) electrons. The maximum atomic E-state index is 3.73. The molecule has 1 fully saturated rings. The van der Waals surface area contributed by atoms with Crippen LogP contribution in [-0.2, 0) is 6.42 Å². The molecule has 17 heavy (non-hydrogen) atoms. The van der Waals surface area contributed by atoms with Crippen molar-refractivity contribution >= 4 is 11.3 Å². The summed E-state index contributed by atoms with van der Waals surface area (Å²) in [6.45, 7) is 8.21. The smallest absolute Gasteiger partial charge is 0.0149 e. The van der Waals surface area contributed by atoms with Crippen LogP contribution in [0.2, 0.25) is 0 Å². The summed E-state index contributed by atoms with van der Waals surface area (Å²) in [6, 6.07) is 5.11. The van der Waals surface area contributed by atoms with Gasteiger partial charge in [0, 0.05) is 10.9 Å². The lowest BCUT2D eigenvalue weighted by molar-refractivity contribution is 0.197. The van der Waals surface area contributed by atoms with Gasteiger partial charge in [0.15, 0.2) is 0 Å². The van der Waals surface area contributed by atoms with Gasteiger partial charge in [-0.2, -0.15) is 0 Å². The average molecular weight is 251 g/mol. The van der Waals surface area contributed by atoms with Gasteiger partial charge in [0.2, 0.25) is 0 Å². The zero-order chi connectivity index (χ0) is 12.3. The Kier molecular flexibility index (Phi) is 4.26. The zero-order valence-electron chi connectivity index (χ0n) is 11.3. The first kappa shape index (κ1) is 13.1. The van der Waals surface area contributed by atoms with Gasteiger partial charge in [0.05, 0.1) is 0 Å². The molecule has 0 spiro atoms. The second-order valence-corrected chi connectivity index (χ2v) is 6.97. The van der Waals surface area contributed by atoms with Gasteiger partial charge in [0.1, 0.15) is 0 Å². The van der Waals surface area contributed by atoms with Crippen molar-refractivity contribution in [2.24, 2.45) is 11.3 Å². The van der Waals surface area contributed by atoms with E-state index >= 15 is 0 Å². The van der Waals surface area contributed by atoms with E-state index in [2.05, 4.69) is 43.6 Å². The largest absolute Gasteiger partial charge is 0.314 e. The third-order valence-electron chi connectivity index (χ3n) is 4.29. The highest BCUT2D eigenvalue weighted by Gasteiger charge is 2.39. The van der Waals surface area contributed by atoms with Crippen LogP contribution in [0.15, 0.2) is 17.5 Å². The van der Waals surface area contributed by atoms with Crippen LogP contribution in [0.5, 0.6) is 0 Å². The molecule has 1 aromatic rings. The third-order valence-corrected chi connectivity index (χ3v) is 5.19. The Morgan fingerprint density at radius 1 is 1.53 bits per heavy atom. The first-order valence-electron chi connectivity index (χ1n) is 6.89. The fraction of sp³-hybridized carbons (Fsp3) is 0.733. The minimum absolute atomic E-state index is 0.518. The molecule has 1 aliphatic rings. The number of thiophene rings is 1. The second kappa shape index (κ2) is 5.53. The topological polar surface area (TPSA) is 12.0 Å². The molecular weight excluding hydrogens is 226 g/mol. The van der Waals surface area contributed by atoms with Crippen molar-refractivity contribution in [3.8, 4) is 0 Å². The van der Waals surface area contributed by atoms with E-state index in [4.69, 9.17) is 0 Å². The molecule has 0 aliphatic heterocycles. The summed E-state index contributed by atoms with van der Waals surface area (Å²) < 4.78 is 0. The molecule has 0 bridgehead atoms. The molecule has 1 saturated carbocycles. The highest BCUT2D eigenvalue weighted by atomic mass is 32.1. The predicted octanol–water partition coefficient (Wildman–Crippen LogP) is 4.10. The van der Waals surface area contributed by atoms with Gasteiger partial charge in [-0.05, 0) is 48.6 Å². The van der Waals surface area contributed by atoms with E-state index in [9.17, 15) is 0 Å². The van der Waals surface area contributed by atoms with Crippen LogP contribution in [-0.4, -0.2) is 12.6 Å². The lowest BCUT2D eigenvalue weighted by atomic mass is 9.76.